The molecule has 0 saturated carbocycles. The minimum Gasteiger partial charge on any atom is -0.269 e. The van der Waals surface area contributed by atoms with Crippen molar-refractivity contribution in [2.45, 2.75) is 6.92 Å². The Morgan fingerprint density at radius 1 is 1.30 bits per heavy atom. The molecule has 6 heteroatoms. The fourth-order valence-electron chi connectivity index (χ4n) is 2.00. The third kappa shape index (κ3) is 2.18. The van der Waals surface area contributed by atoms with Gasteiger partial charge in [-0.2, -0.15) is 15.1 Å². The molecule has 0 aromatic heterocycles. The topological polar surface area (TPSA) is 57.4 Å². The maximum absolute atomic E-state index is 12.2. The summed E-state index contributed by atoms with van der Waals surface area (Å²) in [7, 11) is 1.65. The summed E-state index contributed by atoms with van der Waals surface area (Å²) in [6, 6.07) is 9.64. The first-order valence-electron chi connectivity index (χ1n) is 6.09. The number of hydrogen-bond acceptors (Lipinski definition) is 4. The van der Waals surface area contributed by atoms with E-state index in [-0.39, 0.29) is 5.91 Å². The van der Waals surface area contributed by atoms with Crippen LogP contribution in [0.3, 0.4) is 0 Å². The van der Waals surface area contributed by atoms with E-state index in [9.17, 15) is 4.79 Å². The number of carbonyl (C=O) groups is 1. The van der Waals surface area contributed by atoms with Crippen molar-refractivity contribution in [2.75, 3.05) is 7.05 Å². The van der Waals surface area contributed by atoms with Crippen LogP contribution in [0.25, 0.3) is 6.08 Å². The smallest absolute Gasteiger partial charge is 0.269 e. The molecule has 3 rings (SSSR count). The van der Waals surface area contributed by atoms with Gasteiger partial charge in [0.05, 0.1) is 10.6 Å². The lowest BCUT2D eigenvalue weighted by Gasteiger charge is -2.21. The Balaban J connectivity index is 2.08. The number of nitrogens with zero attached hydrogens (tertiary/aromatic N) is 4. The maximum Gasteiger partial charge on any atom is 0.283 e. The second-order valence-electron chi connectivity index (χ2n) is 4.25. The molecule has 1 aromatic carbocycles. The zero-order valence-electron chi connectivity index (χ0n) is 11.1. The van der Waals surface area contributed by atoms with E-state index in [0.29, 0.717) is 16.6 Å². The second-order valence-corrected chi connectivity index (χ2v) is 5.41. The summed E-state index contributed by atoms with van der Waals surface area (Å²) in [5.41, 5.74) is 1.39. The van der Waals surface area contributed by atoms with E-state index in [2.05, 4.69) is 15.1 Å². The molecule has 0 spiro atoms. The van der Waals surface area contributed by atoms with Crippen molar-refractivity contribution in [3.05, 3.63) is 41.5 Å². The molecule has 1 amide bonds. The van der Waals surface area contributed by atoms with Gasteiger partial charge in [-0.1, -0.05) is 30.3 Å². The van der Waals surface area contributed by atoms with Crippen LogP contribution < -0.4 is 0 Å². The predicted molar refractivity (Wildman–Crippen MR) is 82.8 cm³/mol. The standard InChI is InChI=1S/C14H12N4OS/c1-9-17-18-12(15-2)11(13(19)16-14(18)20-9)8-10-6-4-3-5-7-10/h3-8H,1-2H3/b11-8-,15-12?. The zero-order chi connectivity index (χ0) is 14.1. The number of fused-ring (bicyclic) bond motifs is 1. The van der Waals surface area contributed by atoms with E-state index in [1.807, 2.05) is 37.3 Å². The van der Waals surface area contributed by atoms with Gasteiger partial charge >= 0.3 is 0 Å². The molecule has 0 atom stereocenters. The number of benzene rings is 1. The average Bonchev–Trinajstić information content (AvgIpc) is 2.80. The molecule has 2 heterocycles. The first-order chi connectivity index (χ1) is 9.69. The van der Waals surface area contributed by atoms with Gasteiger partial charge in [0.25, 0.3) is 5.91 Å². The van der Waals surface area contributed by atoms with Crippen LogP contribution in [-0.2, 0) is 4.79 Å². The van der Waals surface area contributed by atoms with Crippen molar-refractivity contribution in [3.63, 3.8) is 0 Å². The Labute approximate surface area is 120 Å². The van der Waals surface area contributed by atoms with Crippen molar-refractivity contribution in [1.82, 2.24) is 5.01 Å². The molecule has 1 aromatic rings. The lowest BCUT2D eigenvalue weighted by atomic mass is 10.1. The molecular formula is C14H12N4OS. The van der Waals surface area contributed by atoms with Crippen LogP contribution in [0.15, 0.2) is 51.0 Å². The van der Waals surface area contributed by atoms with E-state index in [4.69, 9.17) is 0 Å². The summed E-state index contributed by atoms with van der Waals surface area (Å²) in [6.45, 7) is 1.88. The number of amidine groups is 2. The van der Waals surface area contributed by atoms with Gasteiger partial charge in [0.15, 0.2) is 5.84 Å². The lowest BCUT2D eigenvalue weighted by molar-refractivity contribution is -0.114. The van der Waals surface area contributed by atoms with E-state index in [0.717, 1.165) is 10.6 Å². The van der Waals surface area contributed by atoms with Crippen LogP contribution in [0.5, 0.6) is 0 Å². The van der Waals surface area contributed by atoms with E-state index in [1.54, 1.807) is 18.1 Å². The van der Waals surface area contributed by atoms with Gasteiger partial charge in [0, 0.05) is 7.05 Å². The first-order valence-corrected chi connectivity index (χ1v) is 6.91. The van der Waals surface area contributed by atoms with Crippen molar-refractivity contribution in [3.8, 4) is 0 Å². The summed E-state index contributed by atoms with van der Waals surface area (Å²) < 4.78 is 0. The number of thioether (sulfide) groups is 1. The number of carbonyl (C=O) groups excluding carboxylic acids is 1. The summed E-state index contributed by atoms with van der Waals surface area (Å²) in [4.78, 5) is 20.5. The molecule has 2 aliphatic rings. The Kier molecular flexibility index (Phi) is 3.23. The largest absolute Gasteiger partial charge is 0.283 e. The summed E-state index contributed by atoms with van der Waals surface area (Å²) >= 11 is 1.38. The van der Waals surface area contributed by atoms with Crippen LogP contribution >= 0.6 is 11.8 Å². The molecule has 0 unspecified atom stereocenters. The molecule has 0 bridgehead atoms. The minimum absolute atomic E-state index is 0.280. The summed E-state index contributed by atoms with van der Waals surface area (Å²) in [6.07, 6.45) is 1.79. The Bertz CT molecular complexity index is 688. The molecule has 0 radical (unpaired) electrons. The quantitative estimate of drug-likeness (QED) is 0.744. The molecule has 20 heavy (non-hydrogen) atoms. The van der Waals surface area contributed by atoms with Gasteiger partial charge in [-0.3, -0.25) is 9.79 Å². The third-order valence-corrected chi connectivity index (χ3v) is 3.68. The van der Waals surface area contributed by atoms with E-state index < -0.39 is 0 Å². The Morgan fingerprint density at radius 3 is 2.75 bits per heavy atom. The summed E-state index contributed by atoms with van der Waals surface area (Å²) in [5, 5.41) is 7.38. The molecule has 0 saturated heterocycles. The fourth-order valence-corrected chi connectivity index (χ4v) is 2.73. The van der Waals surface area contributed by atoms with Crippen molar-refractivity contribution < 1.29 is 4.79 Å². The Morgan fingerprint density at radius 2 is 2.05 bits per heavy atom. The molecule has 0 fully saturated rings. The second kappa shape index (κ2) is 5.05. The number of hydrazone groups is 1. The van der Waals surface area contributed by atoms with E-state index in [1.165, 1.54) is 11.8 Å². The lowest BCUT2D eigenvalue weighted by Crippen LogP contribution is -2.36. The fraction of sp³-hybridized carbons (Fsp3) is 0.143. The average molecular weight is 284 g/mol. The SMILES string of the molecule is CN=C1/C(=C/c2ccccc2)C(=O)N=C2SC(C)=NN21. The van der Waals surface area contributed by atoms with Crippen molar-refractivity contribution in [1.29, 1.82) is 0 Å². The highest BCUT2D eigenvalue weighted by molar-refractivity contribution is 8.26. The van der Waals surface area contributed by atoms with Crippen LogP contribution in [0.2, 0.25) is 0 Å². The summed E-state index contributed by atoms with van der Waals surface area (Å²) in [5.74, 6) is 0.256. The maximum atomic E-state index is 12.2. The van der Waals surface area contributed by atoms with Gasteiger partial charge < -0.3 is 0 Å². The monoisotopic (exact) mass is 284 g/mol. The van der Waals surface area contributed by atoms with E-state index >= 15 is 0 Å². The normalized spacial score (nSPS) is 22.1. The van der Waals surface area contributed by atoms with Crippen molar-refractivity contribution in [2.24, 2.45) is 15.1 Å². The third-order valence-electron chi connectivity index (χ3n) is 2.85. The first kappa shape index (κ1) is 12.8. The van der Waals surface area contributed by atoms with Crippen LogP contribution in [0, 0.1) is 0 Å². The highest BCUT2D eigenvalue weighted by Gasteiger charge is 2.34. The Hall–Kier alpha value is -2.21. The van der Waals surface area contributed by atoms with Gasteiger partial charge in [0.1, 0.15) is 0 Å². The zero-order valence-corrected chi connectivity index (χ0v) is 11.9. The highest BCUT2D eigenvalue weighted by atomic mass is 32.2. The highest BCUT2D eigenvalue weighted by Crippen LogP contribution is 2.28. The van der Waals surface area contributed by atoms with Crippen LogP contribution in [-0.4, -0.2) is 34.0 Å². The molecule has 5 nitrogen and oxygen atoms in total. The molecular weight excluding hydrogens is 272 g/mol. The number of amides is 1. The van der Waals surface area contributed by atoms with Crippen LogP contribution in [0.4, 0.5) is 0 Å². The predicted octanol–water partition coefficient (Wildman–Crippen LogP) is 2.38. The minimum atomic E-state index is -0.280. The van der Waals surface area contributed by atoms with Gasteiger partial charge in [-0.15, -0.1) is 0 Å². The van der Waals surface area contributed by atoms with Crippen LogP contribution in [0.1, 0.15) is 12.5 Å². The van der Waals surface area contributed by atoms with Crippen molar-refractivity contribution >= 4 is 39.8 Å². The molecule has 100 valence electrons. The molecule has 2 aliphatic heterocycles. The van der Waals surface area contributed by atoms with Gasteiger partial charge in [0.2, 0.25) is 5.17 Å². The van der Waals surface area contributed by atoms with Gasteiger partial charge in [-0.25, -0.2) is 0 Å². The molecule has 0 N–H and O–H groups in total. The number of rotatable bonds is 1. The molecule has 0 aliphatic carbocycles. The van der Waals surface area contributed by atoms with Gasteiger partial charge in [-0.05, 0) is 30.3 Å². The number of hydrogen-bond donors (Lipinski definition) is 0. The number of aliphatic imine (C=N–C) groups is 2.